The maximum absolute atomic E-state index is 2.62. The van der Waals surface area contributed by atoms with Crippen molar-refractivity contribution in [1.29, 1.82) is 0 Å². The molecule has 0 N–H and O–H groups in total. The molecule has 2 aliphatic heterocycles. The van der Waals surface area contributed by atoms with Crippen LogP contribution in [0.15, 0.2) is 194 Å². The maximum atomic E-state index is 2.62. The number of hydrogen-bond acceptors (Lipinski definition) is 3. The van der Waals surface area contributed by atoms with E-state index < -0.39 is 0 Å². The van der Waals surface area contributed by atoms with Crippen LogP contribution in [0.1, 0.15) is 78.0 Å². The van der Waals surface area contributed by atoms with Crippen molar-refractivity contribution in [2.24, 2.45) is 0 Å². The molecule has 10 aromatic carbocycles. The summed E-state index contributed by atoms with van der Waals surface area (Å²) in [4.78, 5) is 5.22. The van der Waals surface area contributed by atoms with E-state index in [0.29, 0.717) is 5.92 Å². The Morgan fingerprint density at radius 2 is 0.986 bits per heavy atom. The Labute approximate surface area is 422 Å². The SMILES string of the molecule is CC(C)c1ccc2c(c1)B1c3sc4ccc(C(C)(C)C)cc4c3N(c3ccc(-c4ccccc4)cc3)c3cccc(c31)N2c1ccc(C(C)(C)C)cc1-c1ccc2c3ccccc3c3ccccc3c2c1. The third-order valence-electron chi connectivity index (χ3n) is 15.5. The van der Waals surface area contributed by atoms with Gasteiger partial charge >= 0.3 is 0 Å². The van der Waals surface area contributed by atoms with E-state index in [1.807, 2.05) is 11.3 Å². The van der Waals surface area contributed by atoms with Crippen molar-refractivity contribution in [3.05, 3.63) is 211 Å². The lowest BCUT2D eigenvalue weighted by Crippen LogP contribution is -2.60. The fraction of sp³-hybridized carbons (Fsp3) is 0.164. The lowest BCUT2D eigenvalue weighted by Gasteiger charge is -2.43. The molecule has 2 nitrogen and oxygen atoms in total. The van der Waals surface area contributed by atoms with Crippen LogP contribution in [0.5, 0.6) is 0 Å². The molecule has 4 heteroatoms. The van der Waals surface area contributed by atoms with Gasteiger partial charge in [-0.05, 0) is 154 Å². The highest BCUT2D eigenvalue weighted by Crippen LogP contribution is 2.51. The van der Waals surface area contributed by atoms with Crippen LogP contribution in [-0.4, -0.2) is 6.71 Å². The molecule has 0 bridgehead atoms. The van der Waals surface area contributed by atoms with Gasteiger partial charge in [-0.15, -0.1) is 11.3 Å². The summed E-state index contributed by atoms with van der Waals surface area (Å²) >= 11 is 1.98. The van der Waals surface area contributed by atoms with Crippen LogP contribution in [0, 0.1) is 0 Å². The van der Waals surface area contributed by atoms with Gasteiger partial charge in [-0.1, -0.05) is 189 Å². The van der Waals surface area contributed by atoms with E-state index in [4.69, 9.17) is 0 Å². The second kappa shape index (κ2) is 16.1. The molecule has 71 heavy (non-hydrogen) atoms. The summed E-state index contributed by atoms with van der Waals surface area (Å²) in [7, 11) is 0. The highest BCUT2D eigenvalue weighted by atomic mass is 32.1. The largest absolute Gasteiger partial charge is 0.311 e. The molecule has 3 heterocycles. The summed E-state index contributed by atoms with van der Waals surface area (Å²) in [6, 6.07) is 74.0. The lowest BCUT2D eigenvalue weighted by molar-refractivity contribution is 0.590. The molecule has 2 aliphatic rings. The molecule has 0 spiro atoms. The number of rotatable bonds is 5. The number of fused-ring (bicyclic) bond motifs is 12. The van der Waals surface area contributed by atoms with Crippen molar-refractivity contribution in [2.45, 2.75) is 72.1 Å². The van der Waals surface area contributed by atoms with Crippen molar-refractivity contribution in [3.8, 4) is 22.3 Å². The monoisotopic (exact) mass is 932 g/mol. The number of hydrogen-bond donors (Lipinski definition) is 0. The van der Waals surface area contributed by atoms with Gasteiger partial charge in [-0.25, -0.2) is 0 Å². The van der Waals surface area contributed by atoms with Crippen LogP contribution < -0.4 is 25.5 Å². The van der Waals surface area contributed by atoms with E-state index in [-0.39, 0.29) is 17.5 Å². The molecule has 0 atom stereocenters. The van der Waals surface area contributed by atoms with Crippen molar-refractivity contribution in [1.82, 2.24) is 0 Å². The van der Waals surface area contributed by atoms with E-state index >= 15 is 0 Å². The number of thiophene rings is 1. The van der Waals surface area contributed by atoms with Gasteiger partial charge in [-0.2, -0.15) is 0 Å². The third kappa shape index (κ3) is 6.90. The van der Waals surface area contributed by atoms with Crippen LogP contribution in [0.2, 0.25) is 0 Å². The summed E-state index contributed by atoms with van der Waals surface area (Å²) in [6.07, 6.45) is 0. The Kier molecular flexibility index (Phi) is 9.87. The standard InChI is InChI=1S/C67H57BN2S/c1-41(2)44-28-34-59-57(38-44)68-63-60(69(48-31-25-43(26-32-48)42-17-10-9-11-18-42)64-56-40-47(67(6,7)8)30-36-62(56)71-65(64)68)23-16-24-61(63)70(59)58-35-29-46(66(3,4)5)39-54(58)45-27-33-53-51-21-13-12-19-49(51)50-20-14-15-22-52(50)55(53)37-45/h9-41H,1-8H3. The zero-order chi connectivity index (χ0) is 48.5. The highest BCUT2D eigenvalue weighted by Gasteiger charge is 2.45. The predicted octanol–water partition coefficient (Wildman–Crippen LogP) is 17.5. The molecule has 13 rings (SSSR count). The van der Waals surface area contributed by atoms with E-state index in [1.165, 1.54) is 125 Å². The molecule has 0 radical (unpaired) electrons. The summed E-state index contributed by atoms with van der Waals surface area (Å²) in [5.41, 5.74) is 18.9. The number of nitrogens with zero attached hydrogens (tertiary/aromatic N) is 2. The van der Waals surface area contributed by atoms with Gasteiger partial charge in [0, 0.05) is 43.2 Å². The van der Waals surface area contributed by atoms with Gasteiger partial charge in [0.2, 0.25) is 0 Å². The molecule has 344 valence electrons. The van der Waals surface area contributed by atoms with Crippen molar-refractivity contribution in [3.63, 3.8) is 0 Å². The summed E-state index contributed by atoms with van der Waals surface area (Å²) < 4.78 is 2.72. The molecule has 1 aromatic heterocycles. The fourth-order valence-electron chi connectivity index (χ4n) is 11.7. The Hall–Kier alpha value is -7.40. The average molecular weight is 933 g/mol. The molecule has 0 fully saturated rings. The summed E-state index contributed by atoms with van der Waals surface area (Å²) in [5, 5.41) is 9.05. The van der Waals surface area contributed by atoms with E-state index in [1.54, 1.807) is 0 Å². The van der Waals surface area contributed by atoms with E-state index in [9.17, 15) is 0 Å². The maximum Gasteiger partial charge on any atom is 0.264 e. The smallest absolute Gasteiger partial charge is 0.264 e. The highest BCUT2D eigenvalue weighted by molar-refractivity contribution is 7.33. The molecule has 0 saturated carbocycles. The molecule has 0 aliphatic carbocycles. The molecule has 0 amide bonds. The Balaban J connectivity index is 1.09. The molecule has 0 saturated heterocycles. The van der Waals surface area contributed by atoms with Gasteiger partial charge in [0.1, 0.15) is 0 Å². The second-order valence-corrected chi connectivity index (χ2v) is 23.4. The Morgan fingerprint density at radius 1 is 0.423 bits per heavy atom. The van der Waals surface area contributed by atoms with Gasteiger partial charge in [0.15, 0.2) is 0 Å². The molecular weight excluding hydrogens is 876 g/mol. The van der Waals surface area contributed by atoms with Crippen molar-refractivity contribution >= 4 is 110 Å². The Bertz CT molecular complexity index is 3910. The van der Waals surface area contributed by atoms with E-state index in [0.717, 1.165) is 5.69 Å². The zero-order valence-electron chi connectivity index (χ0n) is 41.9. The molecule has 0 unspecified atom stereocenters. The first kappa shape index (κ1) is 43.6. The first-order valence-electron chi connectivity index (χ1n) is 25.4. The number of benzene rings is 10. The van der Waals surface area contributed by atoms with Crippen molar-refractivity contribution < 1.29 is 0 Å². The minimum Gasteiger partial charge on any atom is -0.311 e. The first-order valence-corrected chi connectivity index (χ1v) is 26.2. The van der Waals surface area contributed by atoms with Gasteiger partial charge in [-0.3, -0.25) is 0 Å². The van der Waals surface area contributed by atoms with Crippen LogP contribution >= 0.6 is 11.3 Å². The lowest BCUT2D eigenvalue weighted by atomic mass is 9.36. The fourth-order valence-corrected chi connectivity index (χ4v) is 13.0. The van der Waals surface area contributed by atoms with Crippen LogP contribution in [0.4, 0.5) is 34.1 Å². The van der Waals surface area contributed by atoms with E-state index in [2.05, 4.69) is 259 Å². The molecular formula is C67H57BN2S. The Morgan fingerprint density at radius 3 is 1.65 bits per heavy atom. The summed E-state index contributed by atoms with van der Waals surface area (Å²) in [6.45, 7) is 18.7. The summed E-state index contributed by atoms with van der Waals surface area (Å²) in [5.74, 6) is 0.370. The van der Waals surface area contributed by atoms with Crippen LogP contribution in [0.25, 0.3) is 64.7 Å². The van der Waals surface area contributed by atoms with Gasteiger partial charge in [0.05, 0.1) is 11.4 Å². The average Bonchev–Trinajstić information content (AvgIpc) is 3.77. The normalized spacial score (nSPS) is 13.4. The van der Waals surface area contributed by atoms with Gasteiger partial charge in [0.25, 0.3) is 6.71 Å². The first-order chi connectivity index (χ1) is 34.3. The van der Waals surface area contributed by atoms with Gasteiger partial charge < -0.3 is 9.80 Å². The predicted molar refractivity (Wildman–Crippen MR) is 311 cm³/mol. The van der Waals surface area contributed by atoms with Crippen LogP contribution in [-0.2, 0) is 10.8 Å². The molecule has 11 aromatic rings. The van der Waals surface area contributed by atoms with Crippen molar-refractivity contribution in [2.75, 3.05) is 9.80 Å². The minimum atomic E-state index is -0.0585. The minimum absolute atomic E-state index is 0.00118. The second-order valence-electron chi connectivity index (χ2n) is 22.3. The topological polar surface area (TPSA) is 6.48 Å². The third-order valence-corrected chi connectivity index (χ3v) is 16.8. The van der Waals surface area contributed by atoms with Crippen LogP contribution in [0.3, 0.4) is 0 Å². The zero-order valence-corrected chi connectivity index (χ0v) is 42.7. The quantitative estimate of drug-likeness (QED) is 0.125. The number of anilines is 6.